The third-order valence-electron chi connectivity index (χ3n) is 2.83. The van der Waals surface area contributed by atoms with E-state index in [1.807, 2.05) is 55.5 Å². The smallest absolute Gasteiger partial charge is 0.193 e. The van der Waals surface area contributed by atoms with E-state index in [4.69, 9.17) is 4.84 Å². The van der Waals surface area contributed by atoms with Gasteiger partial charge in [0, 0.05) is 16.7 Å². The predicted molar refractivity (Wildman–Crippen MR) is 75.5 cm³/mol. The summed E-state index contributed by atoms with van der Waals surface area (Å²) in [5.41, 5.74) is 2.77. The molecule has 96 valence electrons. The molecular weight excluding hydrogens is 238 g/mol. The fraction of sp³-hybridized carbons (Fsp3) is 0.125. The van der Waals surface area contributed by atoms with Crippen molar-refractivity contribution in [2.24, 2.45) is 5.16 Å². The zero-order valence-corrected chi connectivity index (χ0v) is 11.0. The van der Waals surface area contributed by atoms with Gasteiger partial charge in [0.05, 0.1) is 5.71 Å². The number of oxime groups is 1. The van der Waals surface area contributed by atoms with Crippen LogP contribution in [0.25, 0.3) is 0 Å². The SMILES string of the molecule is CO/N=C(/C)c1ccccc1C(=O)c1ccccc1. The average Bonchev–Trinajstić information content (AvgIpc) is 2.47. The topological polar surface area (TPSA) is 38.7 Å². The minimum atomic E-state index is -0.0122. The summed E-state index contributed by atoms with van der Waals surface area (Å²) >= 11 is 0. The Morgan fingerprint density at radius 3 is 2.16 bits per heavy atom. The van der Waals surface area contributed by atoms with Gasteiger partial charge in [-0.1, -0.05) is 59.8 Å². The molecule has 2 aromatic rings. The van der Waals surface area contributed by atoms with Crippen molar-refractivity contribution in [1.29, 1.82) is 0 Å². The van der Waals surface area contributed by atoms with E-state index >= 15 is 0 Å². The lowest BCUT2D eigenvalue weighted by Crippen LogP contribution is -2.08. The van der Waals surface area contributed by atoms with Gasteiger partial charge in [0.2, 0.25) is 0 Å². The number of benzene rings is 2. The van der Waals surface area contributed by atoms with Crippen LogP contribution in [-0.4, -0.2) is 18.6 Å². The van der Waals surface area contributed by atoms with Crippen LogP contribution in [0.2, 0.25) is 0 Å². The molecule has 0 heterocycles. The maximum Gasteiger partial charge on any atom is 0.193 e. The highest BCUT2D eigenvalue weighted by molar-refractivity contribution is 6.16. The van der Waals surface area contributed by atoms with Gasteiger partial charge in [-0.05, 0) is 6.92 Å². The summed E-state index contributed by atoms with van der Waals surface area (Å²) in [6.45, 7) is 1.82. The van der Waals surface area contributed by atoms with Crippen LogP contribution in [0, 0.1) is 0 Å². The molecular formula is C16H15NO2. The van der Waals surface area contributed by atoms with Crippen molar-refractivity contribution >= 4 is 11.5 Å². The monoisotopic (exact) mass is 253 g/mol. The average molecular weight is 253 g/mol. The van der Waals surface area contributed by atoms with Crippen LogP contribution in [0.3, 0.4) is 0 Å². The molecule has 0 spiro atoms. The summed E-state index contributed by atoms with van der Waals surface area (Å²) in [5.74, 6) is -0.0122. The van der Waals surface area contributed by atoms with Gasteiger partial charge in [0.1, 0.15) is 7.11 Å². The van der Waals surface area contributed by atoms with Gasteiger partial charge >= 0.3 is 0 Å². The van der Waals surface area contributed by atoms with Crippen LogP contribution >= 0.6 is 0 Å². The first-order valence-electron chi connectivity index (χ1n) is 6.01. The first-order valence-corrected chi connectivity index (χ1v) is 6.01. The lowest BCUT2D eigenvalue weighted by Gasteiger charge is -2.07. The van der Waals surface area contributed by atoms with E-state index in [-0.39, 0.29) is 5.78 Å². The number of hydrogen-bond acceptors (Lipinski definition) is 3. The summed E-state index contributed by atoms with van der Waals surface area (Å²) in [4.78, 5) is 17.3. The molecule has 0 atom stereocenters. The van der Waals surface area contributed by atoms with E-state index in [0.717, 1.165) is 5.56 Å². The molecule has 0 aliphatic rings. The van der Waals surface area contributed by atoms with Crippen molar-refractivity contribution in [3.05, 3.63) is 71.3 Å². The molecule has 0 saturated heterocycles. The number of hydrogen-bond donors (Lipinski definition) is 0. The number of rotatable bonds is 4. The lowest BCUT2D eigenvalue weighted by atomic mass is 9.96. The maximum atomic E-state index is 12.5. The molecule has 0 amide bonds. The van der Waals surface area contributed by atoms with Crippen LogP contribution in [0.5, 0.6) is 0 Å². The van der Waals surface area contributed by atoms with Crippen molar-refractivity contribution < 1.29 is 9.63 Å². The second-order valence-electron chi connectivity index (χ2n) is 4.10. The third kappa shape index (κ3) is 2.88. The summed E-state index contributed by atoms with van der Waals surface area (Å²) in [6, 6.07) is 16.6. The quantitative estimate of drug-likeness (QED) is 0.476. The largest absolute Gasteiger partial charge is 0.399 e. The lowest BCUT2D eigenvalue weighted by molar-refractivity contribution is 0.103. The van der Waals surface area contributed by atoms with Gasteiger partial charge in [-0.15, -0.1) is 0 Å². The summed E-state index contributed by atoms with van der Waals surface area (Å²) in [7, 11) is 1.49. The van der Waals surface area contributed by atoms with Gasteiger partial charge in [-0.25, -0.2) is 0 Å². The molecule has 0 radical (unpaired) electrons. The Morgan fingerprint density at radius 1 is 0.947 bits per heavy atom. The Morgan fingerprint density at radius 2 is 1.53 bits per heavy atom. The van der Waals surface area contributed by atoms with Crippen LogP contribution in [0.4, 0.5) is 0 Å². The molecule has 3 nitrogen and oxygen atoms in total. The van der Waals surface area contributed by atoms with E-state index in [0.29, 0.717) is 16.8 Å². The number of carbonyl (C=O) groups excluding carboxylic acids is 1. The van der Waals surface area contributed by atoms with Gasteiger partial charge in [-0.3, -0.25) is 4.79 Å². The Kier molecular flexibility index (Phi) is 4.08. The Labute approximate surface area is 112 Å². The zero-order chi connectivity index (χ0) is 13.7. The standard InChI is InChI=1S/C16H15NO2/c1-12(17-19-2)14-10-6-7-11-15(14)16(18)13-8-4-3-5-9-13/h3-11H,1-2H3/b17-12-. The minimum absolute atomic E-state index is 0.0122. The van der Waals surface area contributed by atoms with E-state index in [2.05, 4.69) is 5.16 Å². The molecule has 0 aliphatic carbocycles. The molecule has 3 heteroatoms. The fourth-order valence-corrected chi connectivity index (χ4v) is 1.93. The Hall–Kier alpha value is -2.42. The Bertz CT molecular complexity index is 603. The summed E-state index contributed by atoms with van der Waals surface area (Å²) in [6.07, 6.45) is 0. The van der Waals surface area contributed by atoms with Crippen molar-refractivity contribution in [3.63, 3.8) is 0 Å². The summed E-state index contributed by atoms with van der Waals surface area (Å²) in [5, 5.41) is 3.90. The highest BCUT2D eigenvalue weighted by Gasteiger charge is 2.14. The van der Waals surface area contributed by atoms with Crippen molar-refractivity contribution in [2.75, 3.05) is 7.11 Å². The third-order valence-corrected chi connectivity index (χ3v) is 2.83. The van der Waals surface area contributed by atoms with E-state index in [9.17, 15) is 4.79 Å². The number of nitrogens with zero attached hydrogens (tertiary/aromatic N) is 1. The second-order valence-corrected chi connectivity index (χ2v) is 4.10. The molecule has 0 aliphatic heterocycles. The van der Waals surface area contributed by atoms with Crippen LogP contribution < -0.4 is 0 Å². The van der Waals surface area contributed by atoms with E-state index in [1.54, 1.807) is 6.07 Å². The second kappa shape index (κ2) is 5.96. The fourth-order valence-electron chi connectivity index (χ4n) is 1.93. The van der Waals surface area contributed by atoms with Gasteiger partial charge in [0.15, 0.2) is 5.78 Å². The number of carbonyl (C=O) groups is 1. The predicted octanol–water partition coefficient (Wildman–Crippen LogP) is 3.29. The minimum Gasteiger partial charge on any atom is -0.399 e. The van der Waals surface area contributed by atoms with Crippen LogP contribution in [0.1, 0.15) is 28.4 Å². The number of ketones is 1. The van der Waals surface area contributed by atoms with E-state index < -0.39 is 0 Å². The van der Waals surface area contributed by atoms with Crippen molar-refractivity contribution in [3.8, 4) is 0 Å². The molecule has 0 saturated carbocycles. The molecule has 2 aromatic carbocycles. The van der Waals surface area contributed by atoms with Crippen LogP contribution in [0.15, 0.2) is 59.8 Å². The molecule has 19 heavy (non-hydrogen) atoms. The molecule has 0 bridgehead atoms. The van der Waals surface area contributed by atoms with Crippen molar-refractivity contribution in [1.82, 2.24) is 0 Å². The van der Waals surface area contributed by atoms with Gasteiger partial charge < -0.3 is 4.84 Å². The summed E-state index contributed by atoms with van der Waals surface area (Å²) < 4.78 is 0. The molecule has 0 N–H and O–H groups in total. The first kappa shape index (κ1) is 13.0. The maximum absolute atomic E-state index is 12.5. The normalized spacial score (nSPS) is 11.2. The molecule has 0 fully saturated rings. The molecule has 2 rings (SSSR count). The van der Waals surface area contributed by atoms with Crippen LogP contribution in [-0.2, 0) is 4.84 Å². The highest BCUT2D eigenvalue weighted by Crippen LogP contribution is 2.15. The molecule has 0 unspecified atom stereocenters. The Balaban J connectivity index is 2.46. The highest BCUT2D eigenvalue weighted by atomic mass is 16.6. The first-order chi connectivity index (χ1) is 9.24. The van der Waals surface area contributed by atoms with E-state index in [1.165, 1.54) is 7.11 Å². The van der Waals surface area contributed by atoms with Crippen molar-refractivity contribution in [2.45, 2.75) is 6.92 Å². The van der Waals surface area contributed by atoms with Gasteiger partial charge in [0.25, 0.3) is 0 Å². The molecule has 0 aromatic heterocycles. The zero-order valence-electron chi connectivity index (χ0n) is 11.0. The van der Waals surface area contributed by atoms with Gasteiger partial charge in [-0.2, -0.15) is 0 Å².